The van der Waals surface area contributed by atoms with Crippen molar-refractivity contribution >= 4 is 47.4 Å². The summed E-state index contributed by atoms with van der Waals surface area (Å²) in [7, 11) is -0.300. The van der Waals surface area contributed by atoms with Gasteiger partial charge in [-0.3, -0.25) is 4.79 Å². The molecule has 0 saturated carbocycles. The van der Waals surface area contributed by atoms with E-state index in [0.29, 0.717) is 0 Å². The normalized spacial score (nSPS) is 10.6. The first-order valence-corrected chi connectivity index (χ1v) is 6.73. The molecule has 0 fully saturated rings. The molecule has 0 aromatic carbocycles. The van der Waals surface area contributed by atoms with E-state index in [0.717, 1.165) is 30.9 Å². The SMILES string of the molecule is CN(C)S(=O)(=O)c1cc[c]([Na])nc1.O=CO. The van der Waals surface area contributed by atoms with Gasteiger partial charge in [0, 0.05) is 0 Å². The molecular weight excluding hydrogens is 243 g/mol. The molecule has 1 aromatic rings. The van der Waals surface area contributed by atoms with Crippen LogP contribution >= 0.6 is 0 Å². The van der Waals surface area contributed by atoms with Crippen molar-refractivity contribution in [2.45, 2.75) is 4.90 Å². The number of sulfonamides is 1. The van der Waals surface area contributed by atoms with E-state index in [4.69, 9.17) is 9.90 Å². The van der Waals surface area contributed by atoms with Crippen molar-refractivity contribution in [2.75, 3.05) is 14.1 Å². The molecule has 84 valence electrons. The molecule has 0 radical (unpaired) electrons. The van der Waals surface area contributed by atoms with Crippen molar-refractivity contribution in [1.29, 1.82) is 0 Å². The molecule has 0 spiro atoms. The predicted octanol–water partition coefficient (Wildman–Crippen LogP) is -1.17. The van der Waals surface area contributed by atoms with Gasteiger partial charge < -0.3 is 5.11 Å². The van der Waals surface area contributed by atoms with Crippen LogP contribution in [0.25, 0.3) is 0 Å². The molecule has 0 atom stereocenters. The fourth-order valence-corrected chi connectivity index (χ4v) is 1.96. The van der Waals surface area contributed by atoms with Gasteiger partial charge in [0.1, 0.15) is 0 Å². The Morgan fingerprint density at radius 1 is 1.44 bits per heavy atom. The first kappa shape index (κ1) is 15.5. The maximum Gasteiger partial charge on any atom is 0.290 e. The van der Waals surface area contributed by atoms with Crippen LogP contribution in [0.2, 0.25) is 0 Å². The molecule has 16 heavy (non-hydrogen) atoms. The second kappa shape index (κ2) is 6.97. The third-order valence-corrected chi connectivity index (χ3v) is 4.05. The number of pyridine rings is 1. The minimum atomic E-state index is -3.31. The van der Waals surface area contributed by atoms with Crippen LogP contribution in [0, 0.1) is 0 Å². The molecule has 0 aliphatic carbocycles. The van der Waals surface area contributed by atoms with Crippen molar-refractivity contribution in [3.05, 3.63) is 18.3 Å². The van der Waals surface area contributed by atoms with Gasteiger partial charge in [-0.25, -0.2) is 0 Å². The molecule has 0 unspecified atom stereocenters. The van der Waals surface area contributed by atoms with E-state index in [-0.39, 0.29) is 11.4 Å². The standard InChI is InChI=1S/C7H9N2O2S.CH2O2.Na/c1-9(2)12(10,11)7-4-3-5-8-6-7;2-1-3;/h3-4,6H,1-2H3;1H,(H,2,3);. The van der Waals surface area contributed by atoms with Crippen LogP contribution in [0.3, 0.4) is 0 Å². The van der Waals surface area contributed by atoms with Crippen LogP contribution in [0.15, 0.2) is 23.2 Å². The van der Waals surface area contributed by atoms with Crippen molar-refractivity contribution in [2.24, 2.45) is 0 Å². The predicted molar refractivity (Wildman–Crippen MR) is 59.2 cm³/mol. The third-order valence-electron chi connectivity index (χ3n) is 1.66. The fourth-order valence-electron chi connectivity index (χ4n) is 0.818. The number of hydrogen-bond acceptors (Lipinski definition) is 4. The monoisotopic (exact) mass is 254 g/mol. The van der Waals surface area contributed by atoms with E-state index in [1.807, 2.05) is 0 Å². The summed E-state index contributed by atoms with van der Waals surface area (Å²) in [5, 5.41) is 6.89. The van der Waals surface area contributed by atoms with Crippen LogP contribution < -0.4 is 2.94 Å². The minimum Gasteiger partial charge on any atom is -0.483 e. The molecule has 8 heteroatoms. The first-order valence-electron chi connectivity index (χ1n) is 4.29. The van der Waals surface area contributed by atoms with Crippen molar-refractivity contribution in [3.8, 4) is 0 Å². The molecule has 0 bridgehead atoms. The zero-order valence-corrected chi connectivity index (χ0v) is 12.1. The number of rotatable bonds is 2. The van der Waals surface area contributed by atoms with Crippen molar-refractivity contribution in [3.63, 3.8) is 0 Å². The summed E-state index contributed by atoms with van der Waals surface area (Å²) in [6.45, 7) is -0.250. The topological polar surface area (TPSA) is 87.6 Å². The summed E-state index contributed by atoms with van der Waals surface area (Å²) in [6, 6.07) is 3.33. The quantitative estimate of drug-likeness (QED) is 0.530. The average molecular weight is 254 g/mol. The second-order valence-corrected chi connectivity index (χ2v) is 6.20. The summed E-state index contributed by atoms with van der Waals surface area (Å²) in [5.41, 5.74) is 0. The van der Waals surface area contributed by atoms with Gasteiger partial charge >= 0.3 is 95.9 Å². The molecule has 0 aliphatic rings. The Balaban J connectivity index is 0.000000673. The van der Waals surface area contributed by atoms with E-state index in [1.54, 1.807) is 12.1 Å². The van der Waals surface area contributed by atoms with Crippen LogP contribution in [-0.2, 0) is 14.8 Å². The van der Waals surface area contributed by atoms with E-state index >= 15 is 0 Å². The summed E-state index contributed by atoms with van der Waals surface area (Å²) in [6.07, 6.45) is 1.40. The Kier molecular flexibility index (Phi) is 6.77. The summed E-state index contributed by atoms with van der Waals surface area (Å²) < 4.78 is 25.2. The minimum absolute atomic E-state index is 0.247. The van der Waals surface area contributed by atoms with Crippen molar-refractivity contribution < 1.29 is 18.3 Å². The Hall–Kier alpha value is -0.470. The number of hydrogen-bond donors (Lipinski definition) is 1. The Morgan fingerprint density at radius 3 is 2.25 bits per heavy atom. The molecule has 0 amide bonds. The van der Waals surface area contributed by atoms with Crippen LogP contribution in [0.4, 0.5) is 0 Å². The van der Waals surface area contributed by atoms with Gasteiger partial charge in [-0.05, 0) is 0 Å². The summed E-state index contributed by atoms with van der Waals surface area (Å²) in [5.74, 6) is 0. The van der Waals surface area contributed by atoms with Crippen molar-refractivity contribution in [1.82, 2.24) is 9.29 Å². The molecule has 0 aliphatic heterocycles. The van der Waals surface area contributed by atoms with Gasteiger partial charge in [0.05, 0.1) is 0 Å². The summed E-state index contributed by atoms with van der Waals surface area (Å²) >= 11 is 0.835. The molecule has 1 rings (SSSR count). The van der Waals surface area contributed by atoms with E-state index < -0.39 is 10.0 Å². The fraction of sp³-hybridized carbons (Fsp3) is 0.250. The zero-order valence-electron chi connectivity index (χ0n) is 9.28. The number of aromatic nitrogens is 1. The van der Waals surface area contributed by atoms with Crippen LogP contribution in [-0.4, -0.2) is 71.3 Å². The Labute approximate surface area is 112 Å². The largest absolute Gasteiger partial charge is 0.483 e. The van der Waals surface area contributed by atoms with Gasteiger partial charge in [-0.2, -0.15) is 0 Å². The maximum atomic E-state index is 11.5. The van der Waals surface area contributed by atoms with Gasteiger partial charge in [0.15, 0.2) is 0 Å². The number of nitrogens with zero attached hydrogens (tertiary/aromatic N) is 2. The molecule has 0 saturated heterocycles. The molecular formula is C8H11N2NaO4S. The van der Waals surface area contributed by atoms with Gasteiger partial charge in [-0.1, -0.05) is 0 Å². The average Bonchev–Trinajstić information content (AvgIpc) is 2.19. The van der Waals surface area contributed by atoms with E-state index in [2.05, 4.69) is 4.98 Å². The van der Waals surface area contributed by atoms with Crippen LogP contribution in [0.5, 0.6) is 0 Å². The molecule has 1 heterocycles. The second-order valence-electron chi connectivity index (χ2n) is 3.03. The Morgan fingerprint density at radius 2 is 1.94 bits per heavy atom. The maximum absolute atomic E-state index is 11.5. The molecule has 6 nitrogen and oxygen atoms in total. The number of carbonyl (C=O) groups is 1. The van der Waals surface area contributed by atoms with E-state index in [9.17, 15) is 8.42 Å². The number of carboxylic acid groups (broad SMARTS) is 1. The van der Waals surface area contributed by atoms with Gasteiger partial charge in [-0.15, -0.1) is 0 Å². The summed E-state index contributed by atoms with van der Waals surface area (Å²) in [4.78, 5) is 12.6. The van der Waals surface area contributed by atoms with Gasteiger partial charge in [0.2, 0.25) is 0 Å². The van der Waals surface area contributed by atoms with E-state index in [1.165, 1.54) is 24.6 Å². The Bertz CT molecular complexity index is 430. The smallest absolute Gasteiger partial charge is 0.290 e. The first-order chi connectivity index (χ1) is 7.36. The third kappa shape index (κ3) is 4.58. The molecule has 1 aromatic heterocycles. The van der Waals surface area contributed by atoms with Crippen LogP contribution in [0.1, 0.15) is 0 Å². The zero-order chi connectivity index (χ0) is 12.8. The molecule has 1 N–H and O–H groups in total. The van der Waals surface area contributed by atoms with Gasteiger partial charge in [0.25, 0.3) is 6.47 Å².